The number of guanidine groups is 1. The van der Waals surface area contributed by atoms with E-state index in [0.29, 0.717) is 24.6 Å². The largest absolute Gasteiger partial charge is 0.364 e. The maximum Gasteiger partial charge on any atom is 0.191 e. The van der Waals surface area contributed by atoms with Crippen LogP contribution in [0.5, 0.6) is 0 Å². The second-order valence-electron chi connectivity index (χ2n) is 4.62. The predicted molar refractivity (Wildman–Crippen MR) is 94.7 cm³/mol. The van der Waals surface area contributed by atoms with Crippen LogP contribution in [0.4, 0.5) is 4.39 Å². The first-order valence-electron chi connectivity index (χ1n) is 6.85. The van der Waals surface area contributed by atoms with Crippen molar-refractivity contribution in [3.05, 3.63) is 53.2 Å². The van der Waals surface area contributed by atoms with Gasteiger partial charge in [0.25, 0.3) is 0 Å². The van der Waals surface area contributed by atoms with Crippen LogP contribution in [-0.2, 0) is 13.1 Å². The fourth-order valence-corrected chi connectivity index (χ4v) is 1.82. The molecule has 7 heteroatoms. The van der Waals surface area contributed by atoms with E-state index in [-0.39, 0.29) is 29.8 Å². The minimum absolute atomic E-state index is 0. The third-order valence-corrected chi connectivity index (χ3v) is 2.91. The van der Waals surface area contributed by atoms with Gasteiger partial charge in [-0.15, -0.1) is 24.0 Å². The molecular weight excluding hydrogens is 398 g/mol. The summed E-state index contributed by atoms with van der Waals surface area (Å²) in [5, 5.41) is 10.1. The fraction of sp³-hybridized carbons (Fsp3) is 0.333. The van der Waals surface area contributed by atoms with Crippen LogP contribution >= 0.6 is 24.0 Å². The summed E-state index contributed by atoms with van der Waals surface area (Å²) in [5.41, 5.74) is 2.40. The molecule has 120 valence electrons. The molecular formula is C15H20FIN4O. The highest BCUT2D eigenvalue weighted by Gasteiger charge is 2.02. The molecule has 22 heavy (non-hydrogen) atoms. The Morgan fingerprint density at radius 1 is 1.32 bits per heavy atom. The number of hydrogen-bond acceptors (Lipinski definition) is 3. The number of halogens is 2. The van der Waals surface area contributed by atoms with Crippen LogP contribution < -0.4 is 10.6 Å². The lowest BCUT2D eigenvalue weighted by Gasteiger charge is -2.10. The lowest BCUT2D eigenvalue weighted by atomic mass is 10.1. The Morgan fingerprint density at radius 3 is 2.77 bits per heavy atom. The van der Waals surface area contributed by atoms with Crippen LogP contribution in [0.1, 0.15) is 23.7 Å². The van der Waals surface area contributed by atoms with Gasteiger partial charge in [-0.1, -0.05) is 17.3 Å². The Kier molecular flexibility index (Phi) is 7.86. The number of aromatic nitrogens is 1. The molecule has 1 aromatic heterocycles. The van der Waals surface area contributed by atoms with E-state index in [2.05, 4.69) is 20.8 Å². The molecule has 0 fully saturated rings. The summed E-state index contributed by atoms with van der Waals surface area (Å²) in [6, 6.07) is 6.81. The third-order valence-electron chi connectivity index (χ3n) is 2.91. The van der Waals surface area contributed by atoms with E-state index in [9.17, 15) is 4.39 Å². The molecule has 0 saturated carbocycles. The van der Waals surface area contributed by atoms with Gasteiger partial charge in [0, 0.05) is 12.6 Å². The predicted octanol–water partition coefficient (Wildman–Crippen LogP) is 3.00. The topological polar surface area (TPSA) is 62.5 Å². The molecule has 0 radical (unpaired) electrons. The maximum atomic E-state index is 13.2. The molecule has 2 aromatic rings. The first kappa shape index (κ1) is 18.4. The Morgan fingerprint density at radius 2 is 2.14 bits per heavy atom. The normalized spacial score (nSPS) is 11.0. The quantitative estimate of drug-likeness (QED) is 0.445. The van der Waals surface area contributed by atoms with Crippen LogP contribution in [0, 0.1) is 12.7 Å². The van der Waals surface area contributed by atoms with Crippen molar-refractivity contribution < 1.29 is 8.91 Å². The SMILES string of the molecule is CCNC(=NCc1ccc(F)c(C)c1)NCc1ccon1.I. The summed E-state index contributed by atoms with van der Waals surface area (Å²) < 4.78 is 18.0. The van der Waals surface area contributed by atoms with Crippen LogP contribution in [-0.4, -0.2) is 17.7 Å². The van der Waals surface area contributed by atoms with E-state index in [1.807, 2.05) is 6.92 Å². The van der Waals surface area contributed by atoms with Gasteiger partial charge in [-0.2, -0.15) is 0 Å². The van der Waals surface area contributed by atoms with E-state index in [1.54, 1.807) is 25.1 Å². The Bertz CT molecular complexity index is 602. The van der Waals surface area contributed by atoms with Gasteiger partial charge in [0.15, 0.2) is 5.96 Å². The number of aryl methyl sites for hydroxylation is 1. The second kappa shape index (κ2) is 9.39. The van der Waals surface area contributed by atoms with Gasteiger partial charge in [0.05, 0.1) is 13.1 Å². The Balaban J connectivity index is 0.00000242. The molecule has 2 rings (SSSR count). The minimum Gasteiger partial charge on any atom is -0.364 e. The van der Waals surface area contributed by atoms with Gasteiger partial charge >= 0.3 is 0 Å². The molecule has 0 aliphatic heterocycles. The summed E-state index contributed by atoms with van der Waals surface area (Å²) in [6.07, 6.45) is 1.53. The van der Waals surface area contributed by atoms with Crippen LogP contribution in [0.3, 0.4) is 0 Å². The standard InChI is InChI=1S/C15H19FN4O.HI/c1-3-17-15(19-10-13-6-7-21-20-13)18-9-12-4-5-14(16)11(2)8-12;/h4-8H,3,9-10H2,1-2H3,(H2,17,18,19);1H. The molecule has 0 saturated heterocycles. The van der Waals surface area contributed by atoms with Crippen molar-refractivity contribution in [2.75, 3.05) is 6.54 Å². The second-order valence-corrected chi connectivity index (χ2v) is 4.62. The molecule has 0 atom stereocenters. The summed E-state index contributed by atoms with van der Waals surface area (Å²) in [4.78, 5) is 4.47. The minimum atomic E-state index is -0.196. The van der Waals surface area contributed by atoms with E-state index in [4.69, 9.17) is 4.52 Å². The number of hydrogen-bond donors (Lipinski definition) is 2. The van der Waals surface area contributed by atoms with Gasteiger partial charge in [0.2, 0.25) is 0 Å². The summed E-state index contributed by atoms with van der Waals surface area (Å²) in [6.45, 7) is 5.51. The molecule has 1 heterocycles. The van der Waals surface area contributed by atoms with E-state index in [0.717, 1.165) is 17.8 Å². The Hall–Kier alpha value is -1.64. The maximum absolute atomic E-state index is 13.2. The summed E-state index contributed by atoms with van der Waals surface area (Å²) >= 11 is 0. The van der Waals surface area contributed by atoms with Gasteiger partial charge in [-0.3, -0.25) is 0 Å². The van der Waals surface area contributed by atoms with Crippen molar-refractivity contribution in [1.29, 1.82) is 0 Å². The van der Waals surface area contributed by atoms with Crippen LogP contribution in [0.25, 0.3) is 0 Å². The van der Waals surface area contributed by atoms with Gasteiger partial charge in [0.1, 0.15) is 17.8 Å². The average Bonchev–Trinajstić information content (AvgIpc) is 2.99. The smallest absolute Gasteiger partial charge is 0.191 e. The number of nitrogens with zero attached hydrogens (tertiary/aromatic N) is 2. The zero-order valence-electron chi connectivity index (χ0n) is 12.6. The van der Waals surface area contributed by atoms with Gasteiger partial charge < -0.3 is 15.2 Å². The molecule has 5 nitrogen and oxygen atoms in total. The molecule has 0 unspecified atom stereocenters. The number of benzene rings is 1. The average molecular weight is 418 g/mol. The van der Waals surface area contributed by atoms with Gasteiger partial charge in [-0.05, 0) is 31.0 Å². The summed E-state index contributed by atoms with van der Waals surface area (Å²) in [7, 11) is 0. The van der Waals surface area contributed by atoms with Crippen molar-refractivity contribution in [3.8, 4) is 0 Å². The highest BCUT2D eigenvalue weighted by molar-refractivity contribution is 14.0. The number of aliphatic imine (C=N–C) groups is 1. The molecule has 0 spiro atoms. The van der Waals surface area contributed by atoms with Gasteiger partial charge in [-0.25, -0.2) is 9.38 Å². The summed E-state index contributed by atoms with van der Waals surface area (Å²) in [5.74, 6) is 0.487. The highest BCUT2D eigenvalue weighted by atomic mass is 127. The first-order chi connectivity index (χ1) is 10.2. The Labute approximate surface area is 146 Å². The van der Waals surface area contributed by atoms with Crippen molar-refractivity contribution in [2.45, 2.75) is 26.9 Å². The van der Waals surface area contributed by atoms with E-state index < -0.39 is 0 Å². The fourth-order valence-electron chi connectivity index (χ4n) is 1.82. The molecule has 0 amide bonds. The highest BCUT2D eigenvalue weighted by Crippen LogP contribution is 2.10. The van der Waals surface area contributed by atoms with Crippen LogP contribution in [0.15, 0.2) is 40.0 Å². The zero-order chi connectivity index (χ0) is 15.1. The molecule has 0 bridgehead atoms. The van der Waals surface area contributed by atoms with E-state index >= 15 is 0 Å². The molecule has 1 aromatic carbocycles. The monoisotopic (exact) mass is 418 g/mol. The lowest BCUT2D eigenvalue weighted by molar-refractivity contribution is 0.410. The van der Waals surface area contributed by atoms with Crippen molar-refractivity contribution >= 4 is 29.9 Å². The number of nitrogens with one attached hydrogen (secondary N) is 2. The third kappa shape index (κ3) is 5.63. The molecule has 0 aliphatic carbocycles. The van der Waals surface area contributed by atoms with E-state index in [1.165, 1.54) is 12.3 Å². The van der Waals surface area contributed by atoms with Crippen molar-refractivity contribution in [1.82, 2.24) is 15.8 Å². The molecule has 0 aliphatic rings. The molecule has 2 N–H and O–H groups in total. The number of rotatable bonds is 5. The van der Waals surface area contributed by atoms with Crippen LogP contribution in [0.2, 0.25) is 0 Å². The first-order valence-corrected chi connectivity index (χ1v) is 6.85. The zero-order valence-corrected chi connectivity index (χ0v) is 14.9. The van der Waals surface area contributed by atoms with Crippen molar-refractivity contribution in [2.24, 2.45) is 4.99 Å². The van der Waals surface area contributed by atoms with Crippen molar-refractivity contribution in [3.63, 3.8) is 0 Å². The lowest BCUT2D eigenvalue weighted by Crippen LogP contribution is -2.36.